The summed E-state index contributed by atoms with van der Waals surface area (Å²) in [6.07, 6.45) is 1.49. The van der Waals surface area contributed by atoms with Crippen LogP contribution in [0.1, 0.15) is 17.0 Å². The topological polar surface area (TPSA) is 95.6 Å². The molecular weight excluding hydrogens is 363 g/mol. The molecule has 8 heteroatoms. The van der Waals surface area contributed by atoms with E-state index in [1.807, 2.05) is 25.1 Å². The number of hydrogen-bond acceptors (Lipinski definition) is 4. The van der Waals surface area contributed by atoms with E-state index in [0.717, 1.165) is 16.6 Å². The monoisotopic (exact) mass is 372 g/mol. The minimum Gasteiger partial charge on any atom is -0.337 e. The molecule has 124 valence electrons. The lowest BCUT2D eigenvalue weighted by Gasteiger charge is -2.03. The third-order valence-electron chi connectivity index (χ3n) is 3.60. The summed E-state index contributed by atoms with van der Waals surface area (Å²) in [5, 5.41) is 20.2. The Morgan fingerprint density at radius 3 is 2.76 bits per heavy atom. The quantitative estimate of drug-likeness (QED) is 0.390. The summed E-state index contributed by atoms with van der Waals surface area (Å²) < 4.78 is 0. The Balaban J connectivity index is 2.10. The number of nitriles is 1. The summed E-state index contributed by atoms with van der Waals surface area (Å²) >= 11 is 12.0. The number of benzene rings is 2. The van der Waals surface area contributed by atoms with Gasteiger partial charge in [-0.25, -0.2) is 4.98 Å². The first-order chi connectivity index (χ1) is 11.9. The van der Waals surface area contributed by atoms with Crippen molar-refractivity contribution >= 4 is 51.6 Å². The molecule has 0 fully saturated rings. The van der Waals surface area contributed by atoms with Gasteiger partial charge in [0.2, 0.25) is 0 Å². The molecule has 3 rings (SSSR count). The number of aromatic nitrogens is 2. The molecule has 0 aliphatic heterocycles. The number of nitrogens with one attached hydrogen (secondary N) is 1. The number of nitro groups is 1. The van der Waals surface area contributed by atoms with Crippen LogP contribution in [0.15, 0.2) is 30.3 Å². The number of aromatic amines is 1. The maximum absolute atomic E-state index is 10.9. The second-order valence-electron chi connectivity index (χ2n) is 5.33. The number of imidazole rings is 1. The number of halogens is 2. The molecule has 0 spiro atoms. The maximum Gasteiger partial charge on any atom is 0.289 e. The van der Waals surface area contributed by atoms with Crippen molar-refractivity contribution < 1.29 is 4.92 Å². The molecule has 2 aromatic carbocycles. The van der Waals surface area contributed by atoms with E-state index in [2.05, 4.69) is 16.0 Å². The van der Waals surface area contributed by atoms with Gasteiger partial charge in [0.15, 0.2) is 0 Å². The molecule has 25 heavy (non-hydrogen) atoms. The van der Waals surface area contributed by atoms with Crippen molar-refractivity contribution in [3.05, 3.63) is 67.4 Å². The zero-order valence-electron chi connectivity index (χ0n) is 12.9. The lowest BCUT2D eigenvalue weighted by atomic mass is 10.1. The second kappa shape index (κ2) is 6.55. The third-order valence-corrected chi connectivity index (χ3v) is 4.49. The van der Waals surface area contributed by atoms with Crippen LogP contribution in [0.2, 0.25) is 10.0 Å². The summed E-state index contributed by atoms with van der Waals surface area (Å²) in [6.45, 7) is 1.96. The van der Waals surface area contributed by atoms with Crippen LogP contribution in [0.3, 0.4) is 0 Å². The molecule has 0 unspecified atom stereocenters. The Hall–Kier alpha value is -2.88. The van der Waals surface area contributed by atoms with Crippen molar-refractivity contribution in [3.8, 4) is 6.07 Å². The van der Waals surface area contributed by atoms with Crippen molar-refractivity contribution in [1.29, 1.82) is 5.26 Å². The Bertz CT molecular complexity index is 1080. The highest BCUT2D eigenvalue weighted by Crippen LogP contribution is 2.35. The molecule has 0 radical (unpaired) electrons. The summed E-state index contributed by atoms with van der Waals surface area (Å²) in [4.78, 5) is 17.7. The Morgan fingerprint density at radius 2 is 2.08 bits per heavy atom. The Labute approximate surface area is 152 Å². The minimum absolute atomic E-state index is 0.00979. The lowest BCUT2D eigenvalue weighted by Crippen LogP contribution is -1.91. The van der Waals surface area contributed by atoms with Gasteiger partial charge < -0.3 is 4.98 Å². The molecule has 3 aromatic rings. The van der Waals surface area contributed by atoms with E-state index in [0.29, 0.717) is 11.4 Å². The normalized spacial score (nSPS) is 11.5. The zero-order valence-corrected chi connectivity index (χ0v) is 14.4. The fourth-order valence-electron chi connectivity index (χ4n) is 2.37. The first kappa shape index (κ1) is 17.0. The van der Waals surface area contributed by atoms with E-state index in [-0.39, 0.29) is 21.3 Å². The number of fused-ring (bicyclic) bond motifs is 1. The molecular formula is C17H10Cl2N4O2. The Kier molecular flexibility index (Phi) is 4.45. The number of nitrogens with zero attached hydrogens (tertiary/aromatic N) is 3. The summed E-state index contributed by atoms with van der Waals surface area (Å²) in [7, 11) is 0. The molecule has 6 nitrogen and oxygen atoms in total. The van der Waals surface area contributed by atoms with Crippen molar-refractivity contribution in [3.63, 3.8) is 0 Å². The molecule has 0 aliphatic rings. The molecule has 1 heterocycles. The van der Waals surface area contributed by atoms with Crippen molar-refractivity contribution in [2.24, 2.45) is 0 Å². The van der Waals surface area contributed by atoms with E-state index < -0.39 is 4.92 Å². The van der Waals surface area contributed by atoms with Gasteiger partial charge in [0.1, 0.15) is 16.9 Å². The molecule has 1 aromatic heterocycles. The van der Waals surface area contributed by atoms with Crippen LogP contribution in [-0.4, -0.2) is 14.9 Å². The molecule has 0 atom stereocenters. The van der Waals surface area contributed by atoms with Crippen LogP contribution in [0.5, 0.6) is 0 Å². The number of rotatable bonds is 3. The summed E-state index contributed by atoms with van der Waals surface area (Å²) in [6, 6.07) is 10.5. The van der Waals surface area contributed by atoms with Gasteiger partial charge in [-0.3, -0.25) is 10.1 Å². The second-order valence-corrected chi connectivity index (χ2v) is 6.09. The lowest BCUT2D eigenvalue weighted by molar-refractivity contribution is -0.384. The SMILES string of the molecule is Cc1ccc2nc(/C(C#N)=C/c3ccc([N+](=O)[O-])c(Cl)c3Cl)[nH]c2c1. The van der Waals surface area contributed by atoms with Crippen LogP contribution in [0.25, 0.3) is 22.7 Å². The maximum atomic E-state index is 10.9. The number of aryl methyl sites for hydroxylation is 1. The zero-order chi connectivity index (χ0) is 18.1. The molecule has 1 N–H and O–H groups in total. The minimum atomic E-state index is -0.617. The van der Waals surface area contributed by atoms with Crippen LogP contribution in [-0.2, 0) is 0 Å². The Morgan fingerprint density at radius 1 is 1.32 bits per heavy atom. The molecule has 0 saturated carbocycles. The average molecular weight is 373 g/mol. The van der Waals surface area contributed by atoms with E-state index >= 15 is 0 Å². The number of H-pyrrole nitrogens is 1. The number of allylic oxidation sites excluding steroid dienone is 1. The highest BCUT2D eigenvalue weighted by atomic mass is 35.5. The van der Waals surface area contributed by atoms with Crippen molar-refractivity contribution in [2.75, 3.05) is 0 Å². The molecule has 0 bridgehead atoms. The molecule has 0 amide bonds. The first-order valence-electron chi connectivity index (χ1n) is 7.11. The van der Waals surface area contributed by atoms with Crippen LogP contribution < -0.4 is 0 Å². The highest BCUT2D eigenvalue weighted by Gasteiger charge is 2.18. The standard InChI is InChI=1S/C17H10Cl2N4O2/c1-9-2-4-12-13(6-9)22-17(21-12)11(8-20)7-10-3-5-14(23(24)25)16(19)15(10)18/h2-7H,1H3,(H,21,22)/b11-7+. The van der Waals surface area contributed by atoms with Crippen molar-refractivity contribution in [2.45, 2.75) is 6.92 Å². The van der Waals surface area contributed by atoms with E-state index in [1.165, 1.54) is 18.2 Å². The van der Waals surface area contributed by atoms with E-state index in [1.54, 1.807) is 0 Å². The van der Waals surface area contributed by atoms with E-state index in [4.69, 9.17) is 23.2 Å². The number of nitro benzene ring substituents is 1. The van der Waals surface area contributed by atoms with Crippen LogP contribution in [0, 0.1) is 28.4 Å². The summed E-state index contributed by atoms with van der Waals surface area (Å²) in [5.74, 6) is 0.383. The molecule has 0 saturated heterocycles. The van der Waals surface area contributed by atoms with E-state index in [9.17, 15) is 15.4 Å². The highest BCUT2D eigenvalue weighted by molar-refractivity contribution is 6.44. The first-order valence-corrected chi connectivity index (χ1v) is 7.87. The van der Waals surface area contributed by atoms with Gasteiger partial charge in [0.25, 0.3) is 5.69 Å². The van der Waals surface area contributed by atoms with Gasteiger partial charge in [-0.2, -0.15) is 5.26 Å². The number of hydrogen-bond donors (Lipinski definition) is 1. The van der Waals surface area contributed by atoms with Crippen LogP contribution >= 0.6 is 23.2 Å². The predicted octanol–water partition coefficient (Wildman–Crippen LogP) is 5.15. The van der Waals surface area contributed by atoms with Gasteiger partial charge in [-0.15, -0.1) is 0 Å². The van der Waals surface area contributed by atoms with Gasteiger partial charge in [0.05, 0.1) is 26.6 Å². The fourth-order valence-corrected chi connectivity index (χ4v) is 2.82. The smallest absolute Gasteiger partial charge is 0.289 e. The fraction of sp³-hybridized carbons (Fsp3) is 0.0588. The van der Waals surface area contributed by atoms with Crippen molar-refractivity contribution in [1.82, 2.24) is 9.97 Å². The molecule has 0 aliphatic carbocycles. The largest absolute Gasteiger partial charge is 0.337 e. The van der Waals surface area contributed by atoms with Crippen LogP contribution in [0.4, 0.5) is 5.69 Å². The third kappa shape index (κ3) is 3.20. The van der Waals surface area contributed by atoms with Gasteiger partial charge >= 0.3 is 0 Å². The summed E-state index contributed by atoms with van der Waals surface area (Å²) in [5.41, 5.74) is 2.95. The van der Waals surface area contributed by atoms with Gasteiger partial charge in [-0.1, -0.05) is 29.3 Å². The van der Waals surface area contributed by atoms with Gasteiger partial charge in [0, 0.05) is 6.07 Å². The average Bonchev–Trinajstić information content (AvgIpc) is 2.98. The predicted molar refractivity (Wildman–Crippen MR) is 97.4 cm³/mol. The van der Waals surface area contributed by atoms with Gasteiger partial charge in [-0.05, 0) is 42.3 Å².